The number of carbonyl (C=O) groups is 2. The van der Waals surface area contributed by atoms with Gasteiger partial charge in [0.05, 0.1) is 18.2 Å². The molecule has 0 saturated carbocycles. The summed E-state index contributed by atoms with van der Waals surface area (Å²) in [6.07, 6.45) is 1.59. The summed E-state index contributed by atoms with van der Waals surface area (Å²) in [5.74, 6) is -0.520. The van der Waals surface area contributed by atoms with Gasteiger partial charge in [0.2, 0.25) is 0 Å². The Morgan fingerprint density at radius 2 is 2.12 bits per heavy atom. The standard InChI is InChI=1S/C18H21ClN2O4/c1-4-9-21-12(2)15(17(22)25-11-10-24-3)16(20-18(21)23)13-7-5-6-8-14(13)19/h4-8,16H,1,9-11H2,2-3H3,(H,20,23)/t16-/m1/s1. The molecule has 0 bridgehead atoms. The lowest BCUT2D eigenvalue weighted by molar-refractivity contribution is -0.140. The van der Waals surface area contributed by atoms with Gasteiger partial charge in [-0.05, 0) is 18.6 Å². The highest BCUT2D eigenvalue weighted by molar-refractivity contribution is 6.31. The van der Waals surface area contributed by atoms with Gasteiger partial charge in [0.15, 0.2) is 0 Å². The summed E-state index contributed by atoms with van der Waals surface area (Å²) >= 11 is 6.27. The molecule has 2 rings (SSSR count). The SMILES string of the molecule is C=CCN1C(=O)N[C@H](c2ccccc2Cl)C(C(=O)OCCOC)=C1C. The van der Waals surface area contributed by atoms with E-state index < -0.39 is 12.0 Å². The Morgan fingerprint density at radius 3 is 2.76 bits per heavy atom. The van der Waals surface area contributed by atoms with Crippen LogP contribution in [0.2, 0.25) is 5.02 Å². The monoisotopic (exact) mass is 364 g/mol. The van der Waals surface area contributed by atoms with Crippen LogP contribution in [-0.2, 0) is 14.3 Å². The lowest BCUT2D eigenvalue weighted by Gasteiger charge is -2.35. The predicted octanol–water partition coefficient (Wildman–Crippen LogP) is 3.06. The van der Waals surface area contributed by atoms with Gasteiger partial charge in [0.25, 0.3) is 0 Å². The predicted molar refractivity (Wildman–Crippen MR) is 95.2 cm³/mol. The second-order valence-electron chi connectivity index (χ2n) is 5.43. The third-order valence-corrected chi connectivity index (χ3v) is 4.21. The van der Waals surface area contributed by atoms with E-state index >= 15 is 0 Å². The normalized spacial score (nSPS) is 17.3. The summed E-state index contributed by atoms with van der Waals surface area (Å²) in [6.45, 7) is 6.05. The summed E-state index contributed by atoms with van der Waals surface area (Å²) in [5.41, 5.74) is 1.48. The zero-order valence-corrected chi connectivity index (χ0v) is 15.0. The van der Waals surface area contributed by atoms with Crippen LogP contribution in [0.3, 0.4) is 0 Å². The maximum atomic E-state index is 12.7. The topological polar surface area (TPSA) is 67.9 Å². The molecule has 1 aliphatic rings. The van der Waals surface area contributed by atoms with Gasteiger partial charge >= 0.3 is 12.0 Å². The summed E-state index contributed by atoms with van der Waals surface area (Å²) in [5, 5.41) is 3.28. The first-order valence-electron chi connectivity index (χ1n) is 7.81. The van der Waals surface area contributed by atoms with Crippen LogP contribution in [0.15, 0.2) is 48.2 Å². The van der Waals surface area contributed by atoms with E-state index in [2.05, 4.69) is 11.9 Å². The van der Waals surface area contributed by atoms with E-state index in [0.717, 1.165) is 0 Å². The van der Waals surface area contributed by atoms with Gasteiger partial charge in [-0.2, -0.15) is 0 Å². The van der Waals surface area contributed by atoms with Crippen molar-refractivity contribution in [3.63, 3.8) is 0 Å². The van der Waals surface area contributed by atoms with Gasteiger partial charge in [-0.3, -0.25) is 4.90 Å². The number of carbonyl (C=O) groups excluding carboxylic acids is 2. The second-order valence-corrected chi connectivity index (χ2v) is 5.84. The van der Waals surface area contributed by atoms with Crippen LogP contribution >= 0.6 is 11.6 Å². The number of hydrogen-bond donors (Lipinski definition) is 1. The zero-order chi connectivity index (χ0) is 18.4. The van der Waals surface area contributed by atoms with Gasteiger partial charge in [0.1, 0.15) is 6.61 Å². The number of nitrogens with zero attached hydrogens (tertiary/aromatic N) is 1. The van der Waals surface area contributed by atoms with Gasteiger partial charge in [-0.25, -0.2) is 9.59 Å². The number of ether oxygens (including phenoxy) is 2. The number of esters is 1. The highest BCUT2D eigenvalue weighted by Gasteiger charge is 2.36. The molecule has 2 amide bonds. The molecule has 0 aromatic heterocycles. The minimum absolute atomic E-state index is 0.122. The van der Waals surface area contributed by atoms with Crippen molar-refractivity contribution in [2.24, 2.45) is 0 Å². The van der Waals surface area contributed by atoms with Gasteiger partial charge in [0, 0.05) is 24.4 Å². The molecule has 0 spiro atoms. The number of methoxy groups -OCH3 is 1. The van der Waals surface area contributed by atoms with Gasteiger partial charge in [-0.1, -0.05) is 35.9 Å². The van der Waals surface area contributed by atoms with Crippen LogP contribution in [0.1, 0.15) is 18.5 Å². The van der Waals surface area contributed by atoms with Crippen molar-refractivity contribution in [1.82, 2.24) is 10.2 Å². The number of rotatable bonds is 7. The Morgan fingerprint density at radius 1 is 1.40 bits per heavy atom. The average Bonchev–Trinajstić information content (AvgIpc) is 2.58. The lowest BCUT2D eigenvalue weighted by Crippen LogP contribution is -2.48. The number of allylic oxidation sites excluding steroid dienone is 1. The van der Waals surface area contributed by atoms with Crippen molar-refractivity contribution in [2.45, 2.75) is 13.0 Å². The quantitative estimate of drug-likeness (QED) is 0.458. The minimum Gasteiger partial charge on any atom is -0.460 e. The average molecular weight is 365 g/mol. The van der Waals surface area contributed by atoms with Gasteiger partial charge < -0.3 is 14.8 Å². The molecule has 0 saturated heterocycles. The fraction of sp³-hybridized carbons (Fsp3) is 0.333. The third kappa shape index (κ3) is 4.21. The molecule has 0 fully saturated rings. The van der Waals surface area contributed by atoms with E-state index in [1.807, 2.05) is 0 Å². The molecule has 0 radical (unpaired) electrons. The van der Waals surface area contributed by atoms with Crippen molar-refractivity contribution >= 4 is 23.6 Å². The van der Waals surface area contributed by atoms with Crippen molar-refractivity contribution in [3.05, 3.63) is 58.8 Å². The van der Waals surface area contributed by atoms with Crippen LogP contribution in [-0.4, -0.2) is 43.8 Å². The Balaban J connectivity index is 2.45. The number of halogens is 1. The van der Waals surface area contributed by atoms with E-state index in [9.17, 15) is 9.59 Å². The van der Waals surface area contributed by atoms with Crippen LogP contribution in [0, 0.1) is 0 Å². The fourth-order valence-corrected chi connectivity index (χ4v) is 2.88. The Labute approximate surface area is 152 Å². The first kappa shape index (κ1) is 19.0. The van der Waals surface area contributed by atoms with Crippen LogP contribution < -0.4 is 5.32 Å². The summed E-state index contributed by atoms with van der Waals surface area (Å²) < 4.78 is 10.2. The summed E-state index contributed by atoms with van der Waals surface area (Å²) in [7, 11) is 1.53. The number of amides is 2. The summed E-state index contributed by atoms with van der Waals surface area (Å²) in [4.78, 5) is 26.5. The zero-order valence-electron chi connectivity index (χ0n) is 14.3. The first-order valence-corrected chi connectivity index (χ1v) is 8.19. The molecule has 134 valence electrons. The van der Waals surface area contributed by atoms with E-state index in [4.69, 9.17) is 21.1 Å². The van der Waals surface area contributed by atoms with Crippen LogP contribution in [0.5, 0.6) is 0 Å². The van der Waals surface area contributed by atoms with Crippen molar-refractivity contribution in [2.75, 3.05) is 26.9 Å². The van der Waals surface area contributed by atoms with Crippen LogP contribution in [0.25, 0.3) is 0 Å². The van der Waals surface area contributed by atoms with Gasteiger partial charge in [-0.15, -0.1) is 6.58 Å². The van der Waals surface area contributed by atoms with Crippen molar-refractivity contribution in [1.29, 1.82) is 0 Å². The van der Waals surface area contributed by atoms with E-state index in [-0.39, 0.29) is 25.8 Å². The van der Waals surface area contributed by atoms with Crippen molar-refractivity contribution < 1.29 is 19.1 Å². The number of benzene rings is 1. The van der Waals surface area contributed by atoms with Crippen molar-refractivity contribution in [3.8, 4) is 0 Å². The molecule has 1 N–H and O–H groups in total. The number of urea groups is 1. The second kappa shape index (κ2) is 8.69. The largest absolute Gasteiger partial charge is 0.460 e. The highest BCUT2D eigenvalue weighted by atomic mass is 35.5. The highest BCUT2D eigenvalue weighted by Crippen LogP contribution is 2.34. The van der Waals surface area contributed by atoms with Crippen LogP contribution in [0.4, 0.5) is 4.79 Å². The first-order chi connectivity index (χ1) is 12.0. The third-order valence-electron chi connectivity index (χ3n) is 3.86. The molecule has 7 heteroatoms. The Hall–Kier alpha value is -2.31. The molecule has 1 heterocycles. The molecule has 1 aromatic rings. The molecular formula is C18H21ClN2O4. The maximum absolute atomic E-state index is 12.7. The fourth-order valence-electron chi connectivity index (χ4n) is 2.63. The molecule has 1 aliphatic heterocycles. The molecule has 0 aliphatic carbocycles. The maximum Gasteiger partial charge on any atom is 0.338 e. The van der Waals surface area contributed by atoms with E-state index in [1.54, 1.807) is 37.3 Å². The molecule has 6 nitrogen and oxygen atoms in total. The smallest absolute Gasteiger partial charge is 0.338 e. The Kier molecular flexibility index (Phi) is 6.61. The molecule has 1 atom stereocenters. The van der Waals surface area contributed by atoms with E-state index in [0.29, 0.717) is 21.9 Å². The summed E-state index contributed by atoms with van der Waals surface area (Å²) in [6, 6.07) is 6.06. The number of hydrogen-bond acceptors (Lipinski definition) is 4. The Bertz CT molecular complexity index is 702. The lowest BCUT2D eigenvalue weighted by atomic mass is 9.95. The van der Waals surface area contributed by atoms with E-state index in [1.165, 1.54) is 12.0 Å². The molecular weight excluding hydrogens is 344 g/mol. The molecule has 1 aromatic carbocycles. The number of nitrogens with one attached hydrogen (secondary N) is 1. The minimum atomic E-state index is -0.683. The molecule has 0 unspecified atom stereocenters. The molecule has 25 heavy (non-hydrogen) atoms.